The normalized spacial score (nSPS) is 10.1. The zero-order valence-electron chi connectivity index (χ0n) is 8.94. The minimum absolute atomic E-state index is 0.535. The van der Waals surface area contributed by atoms with E-state index in [0.29, 0.717) is 12.1 Å². The Labute approximate surface area is 96.9 Å². The van der Waals surface area contributed by atoms with E-state index in [-0.39, 0.29) is 0 Å². The lowest BCUT2D eigenvalue weighted by Gasteiger charge is -1.99. The van der Waals surface area contributed by atoms with Gasteiger partial charge in [0.2, 0.25) is 0 Å². The lowest BCUT2D eigenvalue weighted by molar-refractivity contribution is 0.391. The largest absolute Gasteiger partial charge is 0.369 e. The predicted octanol–water partition coefficient (Wildman–Crippen LogP) is 2.23. The van der Waals surface area contributed by atoms with Crippen molar-refractivity contribution in [3.05, 3.63) is 28.8 Å². The second-order valence-electron chi connectivity index (χ2n) is 3.37. The molecule has 0 atom stereocenters. The van der Waals surface area contributed by atoms with Crippen LogP contribution in [0.15, 0.2) is 10.6 Å². The van der Waals surface area contributed by atoms with Gasteiger partial charge < -0.3 is 9.84 Å². The molecule has 2 aromatic heterocycles. The fourth-order valence-electron chi connectivity index (χ4n) is 1.29. The fraction of sp³-hybridized carbons (Fsp3) is 0.300. The number of aryl methyl sites for hydroxylation is 2. The first-order chi connectivity index (χ1) is 7.70. The lowest BCUT2D eigenvalue weighted by atomic mass is 10.3. The SMILES string of the molecule is Cc1cc(CNc2snc(C)c2C#N)no1. The van der Waals surface area contributed by atoms with Gasteiger partial charge in [0.15, 0.2) is 0 Å². The molecule has 2 rings (SSSR count). The summed E-state index contributed by atoms with van der Waals surface area (Å²) in [4.78, 5) is 0. The van der Waals surface area contributed by atoms with Gasteiger partial charge in [-0.2, -0.15) is 9.64 Å². The molecule has 0 saturated carbocycles. The number of hydrogen-bond donors (Lipinski definition) is 1. The van der Waals surface area contributed by atoms with Crippen LogP contribution < -0.4 is 5.32 Å². The van der Waals surface area contributed by atoms with Crippen molar-refractivity contribution in [1.29, 1.82) is 5.26 Å². The van der Waals surface area contributed by atoms with Gasteiger partial charge in [-0.05, 0) is 25.4 Å². The summed E-state index contributed by atoms with van der Waals surface area (Å²) in [7, 11) is 0. The van der Waals surface area contributed by atoms with Crippen molar-refractivity contribution in [3.63, 3.8) is 0 Å². The van der Waals surface area contributed by atoms with E-state index in [0.717, 1.165) is 22.1 Å². The maximum atomic E-state index is 8.93. The molecule has 6 heteroatoms. The van der Waals surface area contributed by atoms with Crippen LogP contribution in [0, 0.1) is 25.2 Å². The van der Waals surface area contributed by atoms with E-state index in [9.17, 15) is 0 Å². The summed E-state index contributed by atoms with van der Waals surface area (Å²) < 4.78 is 9.07. The molecule has 5 nitrogen and oxygen atoms in total. The number of hydrogen-bond acceptors (Lipinski definition) is 6. The quantitative estimate of drug-likeness (QED) is 0.881. The van der Waals surface area contributed by atoms with Gasteiger partial charge in [0.05, 0.1) is 12.2 Å². The average Bonchev–Trinajstić information content (AvgIpc) is 2.82. The molecule has 0 aromatic carbocycles. The van der Waals surface area contributed by atoms with E-state index in [1.165, 1.54) is 11.5 Å². The molecule has 0 unspecified atom stereocenters. The average molecular weight is 234 g/mol. The summed E-state index contributed by atoms with van der Waals surface area (Å²) in [5, 5.41) is 16.7. The van der Waals surface area contributed by atoms with Gasteiger partial charge >= 0.3 is 0 Å². The highest BCUT2D eigenvalue weighted by molar-refractivity contribution is 7.10. The van der Waals surface area contributed by atoms with Gasteiger partial charge in [-0.15, -0.1) is 0 Å². The van der Waals surface area contributed by atoms with Crippen LogP contribution in [0.3, 0.4) is 0 Å². The van der Waals surface area contributed by atoms with Crippen molar-refractivity contribution in [3.8, 4) is 6.07 Å². The van der Waals surface area contributed by atoms with Gasteiger partial charge in [0.1, 0.15) is 28.1 Å². The third kappa shape index (κ3) is 2.04. The third-order valence-corrected chi connectivity index (χ3v) is 2.98. The van der Waals surface area contributed by atoms with Gasteiger partial charge in [0, 0.05) is 6.07 Å². The zero-order chi connectivity index (χ0) is 11.5. The van der Waals surface area contributed by atoms with Crippen molar-refractivity contribution < 1.29 is 4.52 Å². The molecular formula is C10H10N4OS. The van der Waals surface area contributed by atoms with Gasteiger partial charge in [0.25, 0.3) is 0 Å². The summed E-state index contributed by atoms with van der Waals surface area (Å²) in [6.45, 7) is 4.20. The zero-order valence-corrected chi connectivity index (χ0v) is 9.76. The molecule has 0 aliphatic carbocycles. The molecule has 16 heavy (non-hydrogen) atoms. The van der Waals surface area contributed by atoms with Crippen LogP contribution in [0.5, 0.6) is 0 Å². The fourth-order valence-corrected chi connectivity index (χ4v) is 2.03. The summed E-state index contributed by atoms with van der Waals surface area (Å²) >= 11 is 1.28. The highest BCUT2D eigenvalue weighted by atomic mass is 32.1. The first-order valence-corrected chi connectivity index (χ1v) is 5.50. The molecule has 0 spiro atoms. The third-order valence-electron chi connectivity index (χ3n) is 2.08. The Morgan fingerprint density at radius 3 is 3.00 bits per heavy atom. The maximum absolute atomic E-state index is 8.93. The van der Waals surface area contributed by atoms with Crippen molar-refractivity contribution in [2.75, 3.05) is 5.32 Å². The Morgan fingerprint density at radius 1 is 1.56 bits per heavy atom. The second kappa shape index (κ2) is 4.33. The number of aromatic nitrogens is 2. The van der Waals surface area contributed by atoms with Crippen LogP contribution >= 0.6 is 11.5 Å². The molecule has 0 saturated heterocycles. The smallest absolute Gasteiger partial charge is 0.133 e. The minimum Gasteiger partial charge on any atom is -0.369 e. The molecule has 0 aliphatic heterocycles. The number of anilines is 1. The predicted molar refractivity (Wildman–Crippen MR) is 60.1 cm³/mol. The summed E-state index contributed by atoms with van der Waals surface area (Å²) in [5.74, 6) is 0.776. The molecule has 2 heterocycles. The first-order valence-electron chi connectivity index (χ1n) is 4.73. The highest BCUT2D eigenvalue weighted by Crippen LogP contribution is 2.23. The highest BCUT2D eigenvalue weighted by Gasteiger charge is 2.10. The van der Waals surface area contributed by atoms with Crippen molar-refractivity contribution in [2.45, 2.75) is 20.4 Å². The monoisotopic (exact) mass is 234 g/mol. The molecular weight excluding hydrogens is 224 g/mol. The van der Waals surface area contributed by atoms with E-state index in [4.69, 9.17) is 9.78 Å². The molecule has 1 N–H and O–H groups in total. The standard InChI is InChI=1S/C10H10N4OS/c1-6-3-8(13-15-6)5-12-10-9(4-11)7(2)14-16-10/h3,12H,5H2,1-2H3. The van der Waals surface area contributed by atoms with E-state index in [1.54, 1.807) is 0 Å². The Morgan fingerprint density at radius 2 is 2.38 bits per heavy atom. The maximum Gasteiger partial charge on any atom is 0.133 e. The molecule has 0 radical (unpaired) electrons. The molecule has 0 bridgehead atoms. The van der Waals surface area contributed by atoms with E-state index < -0.39 is 0 Å². The van der Waals surface area contributed by atoms with Crippen LogP contribution in [-0.2, 0) is 6.54 Å². The second-order valence-corrected chi connectivity index (χ2v) is 4.14. The Hall–Kier alpha value is -1.87. The van der Waals surface area contributed by atoms with Crippen LogP contribution in [-0.4, -0.2) is 9.53 Å². The van der Waals surface area contributed by atoms with Crippen LogP contribution in [0.4, 0.5) is 5.00 Å². The summed E-state index contributed by atoms with van der Waals surface area (Å²) in [6.07, 6.45) is 0. The van der Waals surface area contributed by atoms with Crippen molar-refractivity contribution >= 4 is 16.5 Å². The Kier molecular flexibility index (Phi) is 2.88. The van der Waals surface area contributed by atoms with Crippen LogP contribution in [0.25, 0.3) is 0 Å². The topological polar surface area (TPSA) is 74.7 Å². The van der Waals surface area contributed by atoms with Crippen molar-refractivity contribution in [1.82, 2.24) is 9.53 Å². The van der Waals surface area contributed by atoms with Crippen LogP contribution in [0.2, 0.25) is 0 Å². The molecule has 0 amide bonds. The summed E-state index contributed by atoms with van der Waals surface area (Å²) in [6, 6.07) is 3.98. The molecule has 0 aliphatic rings. The van der Waals surface area contributed by atoms with Crippen LogP contribution in [0.1, 0.15) is 22.7 Å². The summed E-state index contributed by atoms with van der Waals surface area (Å²) in [5.41, 5.74) is 2.17. The van der Waals surface area contributed by atoms with E-state index in [1.807, 2.05) is 19.9 Å². The Bertz CT molecular complexity index is 537. The number of nitrogens with zero attached hydrogens (tertiary/aromatic N) is 3. The molecule has 2 aromatic rings. The van der Waals surface area contributed by atoms with Gasteiger partial charge in [-0.3, -0.25) is 0 Å². The lowest BCUT2D eigenvalue weighted by Crippen LogP contribution is -1.99. The number of nitrogens with one attached hydrogen (secondary N) is 1. The van der Waals surface area contributed by atoms with Gasteiger partial charge in [-0.1, -0.05) is 5.16 Å². The van der Waals surface area contributed by atoms with E-state index >= 15 is 0 Å². The first kappa shape index (κ1) is 10.6. The molecule has 82 valence electrons. The van der Waals surface area contributed by atoms with E-state index in [2.05, 4.69) is 20.9 Å². The minimum atomic E-state index is 0.535. The number of rotatable bonds is 3. The van der Waals surface area contributed by atoms with Gasteiger partial charge in [-0.25, -0.2) is 0 Å². The Balaban J connectivity index is 2.08. The molecule has 0 fully saturated rings. The number of nitriles is 1. The van der Waals surface area contributed by atoms with Crippen molar-refractivity contribution in [2.24, 2.45) is 0 Å².